The Bertz CT molecular complexity index is 955. The van der Waals surface area contributed by atoms with Crippen LogP contribution in [0.2, 0.25) is 0 Å². The second-order valence-electron chi connectivity index (χ2n) is 7.01. The summed E-state index contributed by atoms with van der Waals surface area (Å²) in [5, 5.41) is 0. The molecular formula is C23H23N3O2. The number of carbonyl (C=O) groups is 1. The maximum Gasteiger partial charge on any atom is 0.250 e. The summed E-state index contributed by atoms with van der Waals surface area (Å²) < 4.78 is 6.03. The van der Waals surface area contributed by atoms with Gasteiger partial charge in [-0.05, 0) is 36.1 Å². The first-order chi connectivity index (χ1) is 13.7. The number of benzene rings is 2. The summed E-state index contributed by atoms with van der Waals surface area (Å²) in [6, 6.07) is 20.0. The second kappa shape index (κ2) is 8.23. The van der Waals surface area contributed by atoms with Crippen molar-refractivity contribution >= 4 is 5.91 Å². The van der Waals surface area contributed by atoms with Crippen LogP contribution in [0.1, 0.15) is 27.0 Å². The quantitative estimate of drug-likeness (QED) is 0.717. The average molecular weight is 373 g/mol. The molecule has 0 saturated carbocycles. The molecule has 1 amide bonds. The Hall–Kier alpha value is -3.18. The summed E-state index contributed by atoms with van der Waals surface area (Å²) in [4.78, 5) is 17.9. The Morgan fingerprint density at radius 1 is 1.07 bits per heavy atom. The zero-order valence-corrected chi connectivity index (χ0v) is 15.7. The lowest BCUT2D eigenvalue weighted by Crippen LogP contribution is -2.32. The van der Waals surface area contributed by atoms with Crippen molar-refractivity contribution in [2.45, 2.75) is 19.4 Å². The number of primary amides is 1. The molecule has 0 atom stereocenters. The average Bonchev–Trinajstić information content (AvgIpc) is 2.74. The van der Waals surface area contributed by atoms with E-state index < -0.39 is 5.91 Å². The fraction of sp³-hybridized carbons (Fsp3) is 0.217. The molecule has 0 spiro atoms. The number of nitrogens with two attached hydrogens (primary N) is 1. The molecule has 5 nitrogen and oxygen atoms in total. The van der Waals surface area contributed by atoms with E-state index in [1.807, 2.05) is 18.2 Å². The van der Waals surface area contributed by atoms with E-state index in [9.17, 15) is 4.79 Å². The number of rotatable bonds is 6. The van der Waals surface area contributed by atoms with Gasteiger partial charge in [0.15, 0.2) is 0 Å². The summed E-state index contributed by atoms with van der Waals surface area (Å²) >= 11 is 0. The van der Waals surface area contributed by atoms with E-state index in [4.69, 9.17) is 10.5 Å². The molecule has 0 saturated heterocycles. The summed E-state index contributed by atoms with van der Waals surface area (Å²) in [5.74, 6) is 0.784. The monoisotopic (exact) mass is 373 g/mol. The molecule has 2 aromatic carbocycles. The summed E-state index contributed by atoms with van der Waals surface area (Å²) in [5.41, 5.74) is 9.53. The van der Waals surface area contributed by atoms with E-state index in [1.54, 1.807) is 12.1 Å². The minimum atomic E-state index is -0.495. The number of fused-ring (bicyclic) bond motifs is 1. The van der Waals surface area contributed by atoms with Crippen molar-refractivity contribution in [3.05, 3.63) is 89.1 Å². The highest BCUT2D eigenvalue weighted by Gasteiger charge is 2.20. The number of hydrogen-bond donors (Lipinski definition) is 1. The van der Waals surface area contributed by atoms with Crippen LogP contribution in [0.3, 0.4) is 0 Å². The van der Waals surface area contributed by atoms with Gasteiger partial charge in [0, 0.05) is 37.5 Å². The Balaban J connectivity index is 1.47. The summed E-state index contributed by atoms with van der Waals surface area (Å²) in [7, 11) is 0. The first-order valence-electron chi connectivity index (χ1n) is 9.50. The molecule has 1 aliphatic rings. The molecule has 0 aliphatic carbocycles. The fourth-order valence-corrected chi connectivity index (χ4v) is 3.52. The minimum absolute atomic E-state index is 0.370. The van der Waals surface area contributed by atoms with E-state index in [-0.39, 0.29) is 0 Å². The van der Waals surface area contributed by atoms with Crippen molar-refractivity contribution in [1.29, 1.82) is 0 Å². The molecule has 1 aromatic heterocycles. The Morgan fingerprint density at radius 3 is 2.68 bits per heavy atom. The third-order valence-corrected chi connectivity index (χ3v) is 5.10. The molecule has 0 fully saturated rings. The normalized spacial score (nSPS) is 13.7. The van der Waals surface area contributed by atoms with Crippen molar-refractivity contribution in [2.75, 3.05) is 13.1 Å². The van der Waals surface area contributed by atoms with Crippen molar-refractivity contribution in [1.82, 2.24) is 9.88 Å². The van der Waals surface area contributed by atoms with Crippen LogP contribution in [0.4, 0.5) is 0 Å². The Morgan fingerprint density at radius 2 is 1.93 bits per heavy atom. The Labute approximate surface area is 164 Å². The van der Waals surface area contributed by atoms with E-state index in [1.165, 1.54) is 22.9 Å². The molecule has 142 valence electrons. The van der Waals surface area contributed by atoms with Gasteiger partial charge in [0.05, 0.1) is 5.56 Å². The number of ether oxygens (including phenoxy) is 1. The third-order valence-electron chi connectivity index (χ3n) is 5.10. The van der Waals surface area contributed by atoms with Crippen LogP contribution in [0.5, 0.6) is 11.6 Å². The van der Waals surface area contributed by atoms with Gasteiger partial charge in [0.2, 0.25) is 11.8 Å². The highest BCUT2D eigenvalue weighted by molar-refractivity contribution is 5.92. The van der Waals surface area contributed by atoms with Gasteiger partial charge < -0.3 is 10.5 Å². The number of hydrogen-bond acceptors (Lipinski definition) is 4. The second-order valence-corrected chi connectivity index (χ2v) is 7.01. The first-order valence-corrected chi connectivity index (χ1v) is 9.50. The summed E-state index contributed by atoms with van der Waals surface area (Å²) in [6.45, 7) is 2.93. The Kier molecular flexibility index (Phi) is 5.35. The van der Waals surface area contributed by atoms with Gasteiger partial charge in [-0.1, -0.05) is 42.5 Å². The molecule has 5 heteroatoms. The molecule has 0 radical (unpaired) electrons. The number of nitrogens with zero attached hydrogens (tertiary/aromatic N) is 2. The lowest BCUT2D eigenvalue weighted by Gasteiger charge is -2.30. The highest BCUT2D eigenvalue weighted by Crippen LogP contribution is 2.31. The van der Waals surface area contributed by atoms with E-state index in [2.05, 4.69) is 40.2 Å². The van der Waals surface area contributed by atoms with Gasteiger partial charge in [0.1, 0.15) is 5.75 Å². The maximum absolute atomic E-state index is 11.2. The van der Waals surface area contributed by atoms with Crippen LogP contribution < -0.4 is 10.5 Å². The number of pyridine rings is 1. The molecule has 1 aliphatic heterocycles. The molecule has 2 heterocycles. The first kappa shape index (κ1) is 18.2. The van der Waals surface area contributed by atoms with Crippen LogP contribution in [0.15, 0.2) is 66.9 Å². The number of carbonyl (C=O) groups excluding carboxylic acids is 1. The molecule has 0 bridgehead atoms. The largest absolute Gasteiger partial charge is 0.439 e. The van der Waals surface area contributed by atoms with Crippen LogP contribution in [-0.4, -0.2) is 28.9 Å². The molecule has 28 heavy (non-hydrogen) atoms. The minimum Gasteiger partial charge on any atom is -0.439 e. The molecular weight excluding hydrogens is 350 g/mol. The van der Waals surface area contributed by atoms with Crippen LogP contribution >= 0.6 is 0 Å². The molecule has 2 N–H and O–H groups in total. The third kappa shape index (κ3) is 4.21. The molecule has 3 aromatic rings. The van der Waals surface area contributed by atoms with Gasteiger partial charge in [-0.15, -0.1) is 0 Å². The van der Waals surface area contributed by atoms with E-state index in [0.717, 1.165) is 38.2 Å². The van der Waals surface area contributed by atoms with Gasteiger partial charge >= 0.3 is 0 Å². The van der Waals surface area contributed by atoms with Crippen molar-refractivity contribution in [3.8, 4) is 11.6 Å². The SMILES string of the molecule is NC(=O)c1ccc(Oc2cccc3c2CN(CCc2ccccc2)CC3)nc1. The topological polar surface area (TPSA) is 68.5 Å². The van der Waals surface area contributed by atoms with E-state index >= 15 is 0 Å². The van der Waals surface area contributed by atoms with Gasteiger partial charge in [-0.3, -0.25) is 9.69 Å². The van der Waals surface area contributed by atoms with Gasteiger partial charge in [0.25, 0.3) is 0 Å². The maximum atomic E-state index is 11.2. The van der Waals surface area contributed by atoms with Crippen LogP contribution in [-0.2, 0) is 19.4 Å². The molecule has 4 rings (SSSR count). The van der Waals surface area contributed by atoms with Crippen LogP contribution in [0.25, 0.3) is 0 Å². The van der Waals surface area contributed by atoms with Gasteiger partial charge in [-0.2, -0.15) is 0 Å². The van der Waals surface area contributed by atoms with Crippen molar-refractivity contribution in [2.24, 2.45) is 5.73 Å². The number of amides is 1. The lowest BCUT2D eigenvalue weighted by molar-refractivity contribution is 0.1000. The lowest BCUT2D eigenvalue weighted by atomic mass is 9.98. The zero-order chi connectivity index (χ0) is 19.3. The standard InChI is InChI=1S/C23H23N3O2/c24-23(27)19-9-10-22(25-15-19)28-21-8-4-7-18-12-14-26(16-20(18)21)13-11-17-5-2-1-3-6-17/h1-10,15H,11-14,16H2,(H2,24,27). The van der Waals surface area contributed by atoms with E-state index in [0.29, 0.717) is 11.4 Å². The zero-order valence-electron chi connectivity index (χ0n) is 15.7. The predicted molar refractivity (Wildman–Crippen MR) is 108 cm³/mol. The van der Waals surface area contributed by atoms with Crippen LogP contribution in [0, 0.1) is 0 Å². The fourth-order valence-electron chi connectivity index (χ4n) is 3.52. The predicted octanol–water partition coefficient (Wildman–Crippen LogP) is 3.57. The van der Waals surface area contributed by atoms with Crippen molar-refractivity contribution in [3.63, 3.8) is 0 Å². The van der Waals surface area contributed by atoms with Crippen molar-refractivity contribution < 1.29 is 9.53 Å². The molecule has 0 unspecified atom stereocenters. The summed E-state index contributed by atoms with van der Waals surface area (Å²) in [6.07, 6.45) is 3.49. The van der Waals surface area contributed by atoms with Gasteiger partial charge in [-0.25, -0.2) is 4.98 Å². The highest BCUT2D eigenvalue weighted by atomic mass is 16.5. The number of aromatic nitrogens is 1. The smallest absolute Gasteiger partial charge is 0.250 e.